The average molecular weight is 816 g/mol. The number of carboxylic acids is 1. The summed E-state index contributed by atoms with van der Waals surface area (Å²) in [6, 6.07) is 2.14. The molecule has 0 spiro atoms. The molecule has 0 aliphatic carbocycles. The minimum absolute atomic E-state index is 0.132. The van der Waals surface area contributed by atoms with Crippen LogP contribution in [0.2, 0.25) is 51.4 Å². The number of aromatic nitrogens is 6. The van der Waals surface area contributed by atoms with Crippen molar-refractivity contribution in [1.82, 2.24) is 34.4 Å². The van der Waals surface area contributed by atoms with Crippen molar-refractivity contribution in [2.24, 2.45) is 0 Å². The Balaban J connectivity index is 0.000000261. The summed E-state index contributed by atoms with van der Waals surface area (Å²) >= 11 is 6.51. The first kappa shape index (κ1) is 38.9. The van der Waals surface area contributed by atoms with Gasteiger partial charge in [0.2, 0.25) is 0 Å². The molecule has 0 unspecified atom stereocenters. The van der Waals surface area contributed by atoms with Crippen molar-refractivity contribution in [2.75, 3.05) is 19.8 Å². The molecule has 0 radical (unpaired) electrons. The van der Waals surface area contributed by atoms with Crippen LogP contribution in [-0.2, 0) is 22.9 Å². The van der Waals surface area contributed by atoms with Crippen LogP contribution in [0.4, 0.5) is 0 Å². The van der Waals surface area contributed by atoms with Crippen LogP contribution in [0.25, 0.3) is 22.3 Å². The van der Waals surface area contributed by atoms with E-state index in [1.165, 1.54) is 6.20 Å². The van der Waals surface area contributed by atoms with E-state index in [4.69, 9.17) is 9.47 Å². The van der Waals surface area contributed by atoms with Crippen molar-refractivity contribution >= 4 is 82.2 Å². The molecule has 258 valence electrons. The quantitative estimate of drug-likeness (QED) is 0.0984. The van der Waals surface area contributed by atoms with Gasteiger partial charge >= 0.3 is 5.97 Å². The van der Waals surface area contributed by atoms with Crippen LogP contribution in [0.3, 0.4) is 0 Å². The van der Waals surface area contributed by atoms with Gasteiger partial charge in [-0.2, -0.15) is 0 Å². The first-order chi connectivity index (χ1) is 21.8. The molecule has 4 aromatic heterocycles. The molecule has 17 heteroatoms. The van der Waals surface area contributed by atoms with Gasteiger partial charge < -0.3 is 34.1 Å². The van der Waals surface area contributed by atoms with Gasteiger partial charge in [-0.25, -0.2) is 24.7 Å². The third-order valence-electron chi connectivity index (χ3n) is 6.85. The molecule has 0 atom stereocenters. The zero-order valence-electron chi connectivity index (χ0n) is 28.2. The van der Waals surface area contributed by atoms with E-state index in [0.29, 0.717) is 57.0 Å². The van der Waals surface area contributed by atoms with Gasteiger partial charge in [0.25, 0.3) is 5.91 Å². The highest BCUT2D eigenvalue weighted by molar-refractivity contribution is 9.10. The van der Waals surface area contributed by atoms with Gasteiger partial charge in [0, 0.05) is 41.8 Å². The highest BCUT2D eigenvalue weighted by Gasteiger charge is 2.24. The van der Waals surface area contributed by atoms with E-state index in [9.17, 15) is 19.8 Å². The van der Waals surface area contributed by atoms with Crippen molar-refractivity contribution in [2.45, 2.75) is 84.2 Å². The number of carboxylic acid groups (broad SMARTS) is 1. The number of rotatable bonds is 14. The minimum Gasteiger partial charge on any atom is -0.478 e. The third-order valence-corrected chi connectivity index (χ3v) is 11.0. The summed E-state index contributed by atoms with van der Waals surface area (Å²) in [7, 11) is -2.29. The molecule has 1 amide bonds. The smallest absolute Gasteiger partial charge is 0.339 e. The van der Waals surface area contributed by atoms with Gasteiger partial charge in [-0.15, -0.1) is 0 Å². The van der Waals surface area contributed by atoms with Gasteiger partial charge in [0.1, 0.15) is 39.3 Å². The SMILES string of the molecule is CC(C)(CO)NC(=O)c1cn(COCC[Si](C)(C)C)c2ncc(Br)nc12.C[Si](C)(C)CCOCn1cc(C(=O)O)c2nc(Br)cnc21. The lowest BCUT2D eigenvalue weighted by atomic mass is 10.1. The molecular weight excluding hydrogens is 770 g/mol. The summed E-state index contributed by atoms with van der Waals surface area (Å²) in [6.45, 7) is 19.1. The van der Waals surface area contributed by atoms with Crippen molar-refractivity contribution in [3.63, 3.8) is 0 Å². The number of fused-ring (bicyclic) bond motifs is 2. The number of aromatic carboxylic acids is 1. The van der Waals surface area contributed by atoms with E-state index in [-0.39, 0.29) is 24.8 Å². The molecule has 13 nitrogen and oxygen atoms in total. The topological polar surface area (TPSA) is 167 Å². The summed E-state index contributed by atoms with van der Waals surface area (Å²) in [5, 5.41) is 21.4. The van der Waals surface area contributed by atoms with Gasteiger partial charge in [-0.3, -0.25) is 4.79 Å². The second kappa shape index (κ2) is 16.2. The summed E-state index contributed by atoms with van der Waals surface area (Å²) in [4.78, 5) is 41.1. The van der Waals surface area contributed by atoms with Crippen LogP contribution >= 0.6 is 31.9 Å². The zero-order valence-corrected chi connectivity index (χ0v) is 33.4. The van der Waals surface area contributed by atoms with Gasteiger partial charge in [0.05, 0.1) is 30.1 Å². The lowest BCUT2D eigenvalue weighted by molar-refractivity contribution is 0.0695. The summed E-state index contributed by atoms with van der Waals surface area (Å²) in [5.74, 6) is -1.32. The molecule has 0 fully saturated rings. The highest BCUT2D eigenvalue weighted by Crippen LogP contribution is 2.22. The number of nitrogens with zero attached hydrogens (tertiary/aromatic N) is 6. The standard InChI is InChI=1S/C17H27BrN4O3Si.C13H18BrN3O3Si/c1-17(2,10-23)21-16(24)12-9-22(11-25-6-7-26(3,4)5)15-14(12)20-13(18)8-19-15;1-21(2,3)5-4-20-8-17-7-9(13(18)19)11-12(17)15-6-10(14)16-11/h8-9,23H,6-7,10-11H2,1-5H3,(H,21,24);6-7H,4-5,8H2,1-3H3,(H,18,19). The molecule has 4 heterocycles. The molecule has 0 aliphatic heterocycles. The zero-order chi connectivity index (χ0) is 35.2. The van der Waals surface area contributed by atoms with Crippen molar-refractivity contribution in [3.8, 4) is 0 Å². The molecule has 4 aromatic rings. The number of amides is 1. The largest absolute Gasteiger partial charge is 0.478 e. The predicted octanol–water partition coefficient (Wildman–Crippen LogP) is 6.21. The second-order valence-electron chi connectivity index (χ2n) is 14.3. The number of carbonyl (C=O) groups is 2. The Morgan fingerprint density at radius 3 is 1.66 bits per heavy atom. The predicted molar refractivity (Wildman–Crippen MR) is 194 cm³/mol. The number of hydrogen-bond acceptors (Lipinski definition) is 9. The van der Waals surface area contributed by atoms with Gasteiger partial charge in [-0.05, 0) is 57.8 Å². The Kier molecular flexibility index (Phi) is 13.4. The van der Waals surface area contributed by atoms with Crippen LogP contribution in [-0.4, -0.2) is 92.7 Å². The van der Waals surface area contributed by atoms with Crippen LogP contribution in [0, 0.1) is 0 Å². The number of aliphatic hydroxyl groups is 1. The van der Waals surface area contributed by atoms with E-state index in [1.54, 1.807) is 41.6 Å². The molecular formula is C30H45Br2N7O6Si2. The number of hydrogen-bond donors (Lipinski definition) is 3. The van der Waals surface area contributed by atoms with E-state index < -0.39 is 27.7 Å². The van der Waals surface area contributed by atoms with E-state index in [2.05, 4.69) is 96.4 Å². The molecule has 4 rings (SSSR count). The fraction of sp³-hybridized carbons (Fsp3) is 0.533. The molecule has 0 bridgehead atoms. The Morgan fingerprint density at radius 1 is 0.830 bits per heavy atom. The molecule has 0 saturated heterocycles. The number of halogens is 2. The fourth-order valence-corrected chi connectivity index (χ4v) is 6.15. The van der Waals surface area contributed by atoms with Crippen molar-refractivity contribution < 1.29 is 29.3 Å². The maximum atomic E-state index is 12.7. The normalized spacial score (nSPS) is 12.3. The molecule has 0 aromatic carbocycles. The van der Waals surface area contributed by atoms with E-state index >= 15 is 0 Å². The maximum Gasteiger partial charge on any atom is 0.339 e. The van der Waals surface area contributed by atoms with Crippen molar-refractivity contribution in [1.29, 1.82) is 0 Å². The van der Waals surface area contributed by atoms with Crippen LogP contribution in [0.5, 0.6) is 0 Å². The number of ether oxygens (including phenoxy) is 2. The highest BCUT2D eigenvalue weighted by atomic mass is 79.9. The average Bonchev–Trinajstić information content (AvgIpc) is 3.50. The van der Waals surface area contributed by atoms with Crippen LogP contribution < -0.4 is 5.32 Å². The summed E-state index contributed by atoms with van der Waals surface area (Å²) in [5.41, 5.74) is 1.79. The van der Waals surface area contributed by atoms with Crippen LogP contribution in [0.1, 0.15) is 34.6 Å². The lowest BCUT2D eigenvalue weighted by Crippen LogP contribution is -2.46. The Bertz CT molecular complexity index is 1700. The van der Waals surface area contributed by atoms with Crippen molar-refractivity contribution in [3.05, 3.63) is 45.1 Å². The number of nitrogens with one attached hydrogen (secondary N) is 1. The summed E-state index contributed by atoms with van der Waals surface area (Å²) < 4.78 is 16.0. The third kappa shape index (κ3) is 11.8. The van der Waals surface area contributed by atoms with Gasteiger partial charge in [0.15, 0.2) is 11.3 Å². The van der Waals surface area contributed by atoms with Gasteiger partial charge in [-0.1, -0.05) is 39.3 Å². The maximum absolute atomic E-state index is 12.7. The Morgan fingerprint density at radius 2 is 1.26 bits per heavy atom. The first-order valence-corrected chi connectivity index (χ1v) is 24.2. The second-order valence-corrected chi connectivity index (χ2v) is 27.1. The molecule has 3 N–H and O–H groups in total. The number of carbonyl (C=O) groups excluding carboxylic acids is 1. The molecule has 47 heavy (non-hydrogen) atoms. The van der Waals surface area contributed by atoms with E-state index in [0.717, 1.165) is 12.1 Å². The lowest BCUT2D eigenvalue weighted by Gasteiger charge is -2.23. The Labute approximate surface area is 293 Å². The molecule has 0 aliphatic rings. The van der Waals surface area contributed by atoms with E-state index in [1.807, 2.05) is 0 Å². The Hall–Kier alpha value is -2.55. The fourth-order valence-electron chi connectivity index (χ4n) is 4.08. The monoisotopic (exact) mass is 813 g/mol. The summed E-state index contributed by atoms with van der Waals surface area (Å²) in [6.07, 6.45) is 6.37. The minimum atomic E-state index is -1.16. The number of aliphatic hydroxyl groups excluding tert-OH is 1. The molecule has 0 saturated carbocycles. The first-order valence-electron chi connectivity index (χ1n) is 15.2. The van der Waals surface area contributed by atoms with Crippen LogP contribution in [0.15, 0.2) is 34.0 Å².